The van der Waals surface area contributed by atoms with Crippen LogP contribution in [-0.2, 0) is 10.1 Å². The van der Waals surface area contributed by atoms with Crippen molar-refractivity contribution in [2.45, 2.75) is 4.90 Å². The van der Waals surface area contributed by atoms with Gasteiger partial charge in [-0.2, -0.15) is 20.1 Å². The minimum absolute atomic E-state index is 0. The zero-order valence-corrected chi connectivity index (χ0v) is 49.7. The van der Waals surface area contributed by atoms with Crippen LogP contribution in [0.3, 0.4) is 0 Å². The molecule has 0 amide bonds. The molecule has 6 aromatic rings. The molecule has 0 aliphatic carbocycles. The summed E-state index contributed by atoms with van der Waals surface area (Å²) in [5.41, 5.74) is -3.28. The van der Waals surface area contributed by atoms with Crippen molar-refractivity contribution in [3.8, 4) is 22.4 Å². The van der Waals surface area contributed by atoms with E-state index in [-0.39, 0.29) is 284 Å². The van der Waals surface area contributed by atoms with Gasteiger partial charge in [-0.3, -0.25) is 0 Å². The standard InChI is InChI=1S/C31H18N12O12S2.5K/c1-32-21-20(38-40-31-41-39-22(56-31)12-3-2-4-19(11-12)57(53,54)55)23(44)43(42-21)30-36-28(33-17-7-13(24(45)46)5-14(8-17)25(47)48)35-29(37-30)34-18-9-15(26(49)50)6-16(10-18)27(51)52;;;;;/h2-11,44H,(H,45,46)(H,47,48)(H,49,50)(H,51,52)(H,53,54,55)(H2,33,34,35,36,37);;;;;/q;5*+1/p-5. The molecule has 286 valence electrons. The van der Waals surface area contributed by atoms with Gasteiger partial charge in [0.1, 0.15) is 15.1 Å². The first-order chi connectivity index (χ1) is 27.0. The van der Waals surface area contributed by atoms with Crippen LogP contribution >= 0.6 is 11.3 Å². The third kappa shape index (κ3) is 15.5. The third-order valence-electron chi connectivity index (χ3n) is 7.08. The van der Waals surface area contributed by atoms with Crippen LogP contribution in [0, 0.1) is 6.57 Å². The number of hydrogen-bond donors (Lipinski definition) is 3. The molecule has 0 radical (unpaired) electrons. The van der Waals surface area contributed by atoms with Crippen LogP contribution < -0.4 is 288 Å². The van der Waals surface area contributed by atoms with Gasteiger partial charge in [0.15, 0.2) is 5.69 Å². The van der Waals surface area contributed by atoms with Gasteiger partial charge in [-0.1, -0.05) is 34.7 Å². The number of aromatic carboxylic acids is 4. The van der Waals surface area contributed by atoms with Gasteiger partial charge in [0.25, 0.3) is 17.0 Å². The van der Waals surface area contributed by atoms with Crippen molar-refractivity contribution in [2.24, 2.45) is 10.2 Å². The van der Waals surface area contributed by atoms with E-state index < -0.39 is 96.4 Å². The minimum Gasteiger partial charge on any atom is -0.744 e. The summed E-state index contributed by atoms with van der Waals surface area (Å²) >= 11 is 0.786. The maximum absolute atomic E-state index is 11.6. The summed E-state index contributed by atoms with van der Waals surface area (Å²) in [6.07, 6.45) is 0. The monoisotopic (exact) mass is 1000 g/mol. The Labute approximate surface area is 564 Å². The van der Waals surface area contributed by atoms with Gasteiger partial charge < -0.3 is 64.7 Å². The topological polar surface area (TPSA) is 373 Å². The minimum atomic E-state index is -4.78. The molecule has 3 N–H and O–H groups in total. The van der Waals surface area contributed by atoms with Crippen molar-refractivity contribution >= 4 is 85.2 Å². The molecule has 0 spiro atoms. The molecular formula is C31H13K5N12O12S2. The number of azo groups is 1. The average Bonchev–Trinajstić information content (AvgIpc) is 3.77. The number of nitrogens with one attached hydrogen (secondary N) is 2. The SMILES string of the molecule is [C-]#[N+]c1nn(-c2nc(Nc3cc(C(=O)[O-])cc(C(=O)[O-])c3)nc(Nc3cc(C(=O)[O-])cc(C(=O)[O-])c3)n2)c(O)c1N=Nc1nnc(-c2cccc(S(=O)(=O)[O-])c2)s1.[K+].[K+].[K+].[K+].[K+]. The molecule has 0 fully saturated rings. The van der Waals surface area contributed by atoms with Crippen molar-refractivity contribution in [3.63, 3.8) is 0 Å². The summed E-state index contributed by atoms with van der Waals surface area (Å²) in [5.74, 6) is -10.2. The normalized spacial score (nSPS) is 10.3. The van der Waals surface area contributed by atoms with E-state index in [1.54, 1.807) is 0 Å². The molecule has 31 heteroatoms. The Hall–Kier alpha value is -0.0982. The summed E-state index contributed by atoms with van der Waals surface area (Å²) in [7, 11) is -4.78. The predicted octanol–water partition coefficient (Wildman–Crippen LogP) is -15.9. The maximum Gasteiger partial charge on any atom is 1.00 e. The second-order valence-electron chi connectivity index (χ2n) is 10.9. The fraction of sp³-hybridized carbons (Fsp3) is 0. The Bertz CT molecular complexity index is 2720. The molecule has 0 saturated carbocycles. The van der Waals surface area contributed by atoms with E-state index in [9.17, 15) is 57.7 Å². The molecule has 0 unspecified atom stereocenters. The molecule has 0 saturated heterocycles. The maximum atomic E-state index is 11.6. The summed E-state index contributed by atoms with van der Waals surface area (Å²) < 4.78 is 34.9. The van der Waals surface area contributed by atoms with Gasteiger partial charge in [-0.05, 0) is 75.9 Å². The fourth-order valence-electron chi connectivity index (χ4n) is 4.64. The van der Waals surface area contributed by atoms with E-state index in [2.05, 4.69) is 56.0 Å². The van der Waals surface area contributed by atoms with E-state index in [0.29, 0.717) is 4.68 Å². The number of carbonyl (C=O) groups excluding carboxylic acids is 4. The third-order valence-corrected chi connectivity index (χ3v) is 8.77. The summed E-state index contributed by atoms with van der Waals surface area (Å²) in [6, 6.07) is 10.2. The largest absolute Gasteiger partial charge is 1.00 e. The van der Waals surface area contributed by atoms with Crippen LogP contribution in [0.2, 0.25) is 0 Å². The second-order valence-corrected chi connectivity index (χ2v) is 13.2. The van der Waals surface area contributed by atoms with Crippen molar-refractivity contribution in [2.75, 3.05) is 10.6 Å². The van der Waals surface area contributed by atoms with Crippen molar-refractivity contribution in [1.82, 2.24) is 34.9 Å². The molecule has 0 aliphatic rings. The van der Waals surface area contributed by atoms with Gasteiger partial charge in [0.05, 0.1) is 28.8 Å². The average molecular weight is 1010 g/mol. The molecule has 24 nitrogen and oxygen atoms in total. The molecule has 6 rings (SSSR count). The van der Waals surface area contributed by atoms with E-state index in [1.165, 1.54) is 12.1 Å². The predicted molar refractivity (Wildman–Crippen MR) is 179 cm³/mol. The molecular weight excluding hydrogens is 992 g/mol. The van der Waals surface area contributed by atoms with Gasteiger partial charge in [0, 0.05) is 16.9 Å². The molecule has 0 atom stereocenters. The molecule has 62 heavy (non-hydrogen) atoms. The number of aromatic hydroxyl groups is 1. The van der Waals surface area contributed by atoms with Gasteiger partial charge >= 0.3 is 263 Å². The molecule has 3 aromatic carbocycles. The van der Waals surface area contributed by atoms with Crippen LogP contribution in [0.1, 0.15) is 41.4 Å². The van der Waals surface area contributed by atoms with Crippen LogP contribution in [0.5, 0.6) is 5.88 Å². The van der Waals surface area contributed by atoms with E-state index in [1.807, 2.05) is 0 Å². The molecule has 0 aliphatic heterocycles. The van der Waals surface area contributed by atoms with Crippen LogP contribution in [0.15, 0.2) is 75.8 Å². The summed E-state index contributed by atoms with van der Waals surface area (Å²) in [4.78, 5) is 61.2. The number of carbonyl (C=O) groups is 4. The smallest absolute Gasteiger partial charge is 0.744 e. The van der Waals surface area contributed by atoms with Crippen LogP contribution in [-0.4, -0.2) is 76.9 Å². The van der Waals surface area contributed by atoms with Gasteiger partial charge in [-0.15, -0.1) is 15.3 Å². The van der Waals surface area contributed by atoms with Gasteiger partial charge in [-0.25, -0.2) is 8.42 Å². The first-order valence-electron chi connectivity index (χ1n) is 15.0. The number of carboxylic acid groups (broad SMARTS) is 4. The second kappa shape index (κ2) is 26.4. The zero-order valence-electron chi connectivity index (χ0n) is 32.5. The van der Waals surface area contributed by atoms with Crippen molar-refractivity contribution in [3.05, 3.63) is 94.3 Å². The van der Waals surface area contributed by atoms with E-state index >= 15 is 0 Å². The number of carboxylic acids is 4. The molecule has 3 heterocycles. The molecule has 3 aromatic heterocycles. The number of aromatic nitrogens is 7. The summed E-state index contributed by atoms with van der Waals surface area (Å²) in [5, 5.41) is 81.8. The fourth-order valence-corrected chi connectivity index (χ4v) is 5.82. The Morgan fingerprint density at radius 1 is 0.726 bits per heavy atom. The molecule has 0 bridgehead atoms. The number of hydrogen-bond acceptors (Lipinski definition) is 23. The number of benzene rings is 3. The zero-order chi connectivity index (χ0) is 41.2. The van der Waals surface area contributed by atoms with Crippen molar-refractivity contribution in [1.29, 1.82) is 0 Å². The number of rotatable bonds is 13. The first-order valence-corrected chi connectivity index (χ1v) is 17.2. The Morgan fingerprint density at radius 3 is 1.65 bits per heavy atom. The van der Waals surface area contributed by atoms with Crippen LogP contribution in [0.25, 0.3) is 21.4 Å². The van der Waals surface area contributed by atoms with Crippen molar-refractivity contribution < 1.29 is 315 Å². The Balaban J connectivity index is 0.00000384. The summed E-state index contributed by atoms with van der Waals surface area (Å²) in [6.45, 7) is 7.57. The quantitative estimate of drug-likeness (QED) is 0.0418. The van der Waals surface area contributed by atoms with Gasteiger partial charge in [0.2, 0.25) is 11.9 Å². The van der Waals surface area contributed by atoms with Crippen LogP contribution in [0.4, 0.5) is 39.9 Å². The Morgan fingerprint density at radius 2 is 1.21 bits per heavy atom. The number of anilines is 4. The Kier molecular flexibility index (Phi) is 25.6. The van der Waals surface area contributed by atoms with E-state index in [4.69, 9.17) is 6.57 Å². The first kappa shape index (κ1) is 59.9. The van der Waals surface area contributed by atoms with E-state index in [0.717, 1.165) is 59.9 Å². The number of nitrogens with zero attached hydrogens (tertiary/aromatic N) is 10.